The number of imidazole rings is 1. The fourth-order valence-electron chi connectivity index (χ4n) is 3.08. The SMILES string of the molecule is CC[C@H](NC(=O)C1(C#N)CCOCC1)c1nc2ccc(C)cc2[nH]1. The summed E-state index contributed by atoms with van der Waals surface area (Å²) in [4.78, 5) is 20.6. The number of nitrogens with one attached hydrogen (secondary N) is 2. The van der Waals surface area contributed by atoms with Crippen LogP contribution in [0.2, 0.25) is 0 Å². The fraction of sp³-hybridized carbons (Fsp3) is 0.500. The number of nitrogens with zero attached hydrogens (tertiary/aromatic N) is 2. The molecule has 1 aliphatic rings. The van der Waals surface area contributed by atoms with Gasteiger partial charge >= 0.3 is 0 Å². The van der Waals surface area contributed by atoms with Crippen LogP contribution < -0.4 is 5.32 Å². The highest BCUT2D eigenvalue weighted by Gasteiger charge is 2.41. The highest BCUT2D eigenvalue weighted by molar-refractivity contribution is 5.86. The van der Waals surface area contributed by atoms with E-state index in [2.05, 4.69) is 21.4 Å². The molecule has 1 atom stereocenters. The number of nitriles is 1. The van der Waals surface area contributed by atoms with Crippen LogP contribution in [0.15, 0.2) is 18.2 Å². The van der Waals surface area contributed by atoms with E-state index >= 15 is 0 Å². The molecule has 3 rings (SSSR count). The Morgan fingerprint density at radius 2 is 2.25 bits per heavy atom. The first-order valence-corrected chi connectivity index (χ1v) is 8.34. The maximum Gasteiger partial charge on any atom is 0.241 e. The third kappa shape index (κ3) is 3.00. The molecule has 1 amide bonds. The van der Waals surface area contributed by atoms with E-state index < -0.39 is 5.41 Å². The van der Waals surface area contributed by atoms with Gasteiger partial charge in [-0.15, -0.1) is 0 Å². The predicted octanol–water partition coefficient (Wildman–Crippen LogP) is 2.76. The van der Waals surface area contributed by atoms with Gasteiger partial charge in [0, 0.05) is 13.2 Å². The number of carbonyl (C=O) groups excluding carboxylic acids is 1. The van der Waals surface area contributed by atoms with Crippen LogP contribution in [0.3, 0.4) is 0 Å². The van der Waals surface area contributed by atoms with Crippen molar-refractivity contribution in [1.82, 2.24) is 15.3 Å². The molecular weight excluding hydrogens is 304 g/mol. The van der Waals surface area contributed by atoms with Gasteiger partial charge in [-0.25, -0.2) is 4.98 Å². The van der Waals surface area contributed by atoms with Gasteiger partial charge in [0.15, 0.2) is 0 Å². The van der Waals surface area contributed by atoms with E-state index in [1.54, 1.807) is 0 Å². The van der Waals surface area contributed by atoms with E-state index in [1.807, 2.05) is 32.0 Å². The van der Waals surface area contributed by atoms with Gasteiger partial charge in [-0.05, 0) is 43.9 Å². The lowest BCUT2D eigenvalue weighted by atomic mass is 9.80. The maximum absolute atomic E-state index is 12.7. The fourth-order valence-corrected chi connectivity index (χ4v) is 3.08. The Bertz CT molecular complexity index is 784. The third-order valence-electron chi connectivity index (χ3n) is 4.69. The van der Waals surface area contributed by atoms with E-state index in [1.165, 1.54) is 0 Å². The predicted molar refractivity (Wildman–Crippen MR) is 90.1 cm³/mol. The van der Waals surface area contributed by atoms with Gasteiger partial charge in [-0.3, -0.25) is 4.79 Å². The van der Waals surface area contributed by atoms with Crippen LogP contribution >= 0.6 is 0 Å². The zero-order valence-electron chi connectivity index (χ0n) is 14.1. The molecule has 2 heterocycles. The number of aryl methyl sites for hydroxylation is 1. The lowest BCUT2D eigenvalue weighted by Gasteiger charge is -2.30. The molecule has 0 radical (unpaired) electrons. The van der Waals surface area contributed by atoms with Gasteiger partial charge in [0.2, 0.25) is 5.91 Å². The molecule has 1 aromatic carbocycles. The molecule has 1 aromatic heterocycles. The highest BCUT2D eigenvalue weighted by Crippen LogP contribution is 2.31. The zero-order valence-corrected chi connectivity index (χ0v) is 14.1. The van der Waals surface area contributed by atoms with Crippen molar-refractivity contribution in [2.24, 2.45) is 5.41 Å². The normalized spacial score (nSPS) is 18.0. The average Bonchev–Trinajstić information content (AvgIpc) is 3.02. The third-order valence-corrected chi connectivity index (χ3v) is 4.69. The van der Waals surface area contributed by atoms with Crippen LogP contribution in [-0.4, -0.2) is 29.1 Å². The van der Waals surface area contributed by atoms with Crippen LogP contribution in [0.4, 0.5) is 0 Å². The summed E-state index contributed by atoms with van der Waals surface area (Å²) in [5.74, 6) is 0.503. The summed E-state index contributed by atoms with van der Waals surface area (Å²) in [6.07, 6.45) is 1.57. The molecule has 1 saturated heterocycles. The summed E-state index contributed by atoms with van der Waals surface area (Å²) in [6, 6.07) is 7.99. The Morgan fingerprint density at radius 3 is 2.92 bits per heavy atom. The lowest BCUT2D eigenvalue weighted by Crippen LogP contribution is -2.45. The topological polar surface area (TPSA) is 90.8 Å². The number of hydrogen-bond donors (Lipinski definition) is 2. The van der Waals surface area contributed by atoms with Gasteiger partial charge < -0.3 is 15.0 Å². The van der Waals surface area contributed by atoms with E-state index in [0.717, 1.165) is 22.4 Å². The molecule has 1 fully saturated rings. The standard InChI is InChI=1S/C18H22N4O2/c1-3-13(16-20-14-5-4-12(2)10-15(14)21-16)22-17(23)18(11-19)6-8-24-9-7-18/h4-5,10,13H,3,6-9H2,1-2H3,(H,20,21)(H,22,23)/t13-/m0/s1. The maximum atomic E-state index is 12.7. The smallest absolute Gasteiger partial charge is 0.241 e. The van der Waals surface area contributed by atoms with E-state index in [9.17, 15) is 10.1 Å². The molecule has 24 heavy (non-hydrogen) atoms. The number of aromatic amines is 1. The summed E-state index contributed by atoms with van der Waals surface area (Å²) >= 11 is 0. The first-order chi connectivity index (χ1) is 11.6. The Morgan fingerprint density at radius 1 is 1.50 bits per heavy atom. The zero-order chi connectivity index (χ0) is 17.2. The largest absolute Gasteiger partial charge is 0.381 e. The van der Waals surface area contributed by atoms with Gasteiger partial charge in [0.05, 0.1) is 23.1 Å². The van der Waals surface area contributed by atoms with E-state index in [-0.39, 0.29) is 11.9 Å². The molecule has 1 aliphatic heterocycles. The quantitative estimate of drug-likeness (QED) is 0.904. The molecular formula is C18H22N4O2. The Labute approximate surface area is 141 Å². The monoisotopic (exact) mass is 326 g/mol. The molecule has 6 heteroatoms. The molecule has 126 valence electrons. The molecule has 2 N–H and O–H groups in total. The number of aromatic nitrogens is 2. The second-order valence-electron chi connectivity index (χ2n) is 6.38. The van der Waals surface area contributed by atoms with Gasteiger partial charge in [-0.2, -0.15) is 5.26 Å². The molecule has 6 nitrogen and oxygen atoms in total. The Balaban J connectivity index is 1.82. The van der Waals surface area contributed by atoms with Crippen molar-refractivity contribution in [3.8, 4) is 6.07 Å². The first-order valence-electron chi connectivity index (χ1n) is 8.34. The minimum absolute atomic E-state index is 0.225. The summed E-state index contributed by atoms with van der Waals surface area (Å²) in [7, 11) is 0. The van der Waals surface area contributed by atoms with Crippen LogP contribution in [0, 0.1) is 23.7 Å². The number of amides is 1. The number of carbonyl (C=O) groups is 1. The van der Waals surface area contributed by atoms with Gasteiger partial charge in [0.25, 0.3) is 0 Å². The number of rotatable bonds is 4. The Kier molecular flexibility index (Phi) is 4.54. The number of fused-ring (bicyclic) bond motifs is 1. The van der Waals surface area contributed by atoms with Crippen LogP contribution in [0.5, 0.6) is 0 Å². The van der Waals surface area contributed by atoms with Crippen molar-refractivity contribution in [2.45, 2.75) is 39.2 Å². The second-order valence-corrected chi connectivity index (χ2v) is 6.38. The lowest BCUT2D eigenvalue weighted by molar-refractivity contribution is -0.133. The first kappa shape index (κ1) is 16.5. The molecule has 0 spiro atoms. The molecule has 0 bridgehead atoms. The van der Waals surface area contributed by atoms with Gasteiger partial charge in [0.1, 0.15) is 11.2 Å². The van der Waals surface area contributed by atoms with Crippen molar-refractivity contribution in [1.29, 1.82) is 5.26 Å². The van der Waals surface area contributed by atoms with Crippen LogP contribution in [0.1, 0.15) is 43.6 Å². The molecule has 2 aromatic rings. The van der Waals surface area contributed by atoms with E-state index in [0.29, 0.717) is 32.5 Å². The number of ether oxygens (including phenoxy) is 1. The van der Waals surface area contributed by atoms with Crippen molar-refractivity contribution in [3.05, 3.63) is 29.6 Å². The second kappa shape index (κ2) is 6.62. The minimum atomic E-state index is -0.992. The number of benzene rings is 1. The van der Waals surface area contributed by atoms with Crippen LogP contribution in [0.25, 0.3) is 11.0 Å². The Hall–Kier alpha value is -2.39. The van der Waals surface area contributed by atoms with E-state index in [4.69, 9.17) is 4.74 Å². The average molecular weight is 326 g/mol. The summed E-state index contributed by atoms with van der Waals surface area (Å²) in [5.41, 5.74) is 2.00. The number of H-pyrrole nitrogens is 1. The van der Waals surface area contributed by atoms with Crippen molar-refractivity contribution < 1.29 is 9.53 Å². The molecule has 0 aliphatic carbocycles. The van der Waals surface area contributed by atoms with Crippen molar-refractivity contribution in [3.63, 3.8) is 0 Å². The molecule has 0 unspecified atom stereocenters. The minimum Gasteiger partial charge on any atom is -0.381 e. The number of hydrogen-bond acceptors (Lipinski definition) is 4. The highest BCUT2D eigenvalue weighted by atomic mass is 16.5. The van der Waals surface area contributed by atoms with Crippen LogP contribution in [-0.2, 0) is 9.53 Å². The molecule has 0 saturated carbocycles. The van der Waals surface area contributed by atoms with Crippen molar-refractivity contribution in [2.75, 3.05) is 13.2 Å². The summed E-state index contributed by atoms with van der Waals surface area (Å²) in [6.45, 7) is 4.91. The summed E-state index contributed by atoms with van der Waals surface area (Å²) in [5, 5.41) is 12.5. The van der Waals surface area contributed by atoms with Gasteiger partial charge in [-0.1, -0.05) is 13.0 Å². The van der Waals surface area contributed by atoms with Crippen molar-refractivity contribution >= 4 is 16.9 Å². The summed E-state index contributed by atoms with van der Waals surface area (Å²) < 4.78 is 5.29.